The summed E-state index contributed by atoms with van der Waals surface area (Å²) in [5, 5.41) is 0. The average molecular weight is 376 g/mol. The molecule has 0 amide bonds. The van der Waals surface area contributed by atoms with Crippen LogP contribution < -0.4 is 4.90 Å². The van der Waals surface area contributed by atoms with Crippen molar-refractivity contribution in [2.45, 2.75) is 21.6 Å². The number of anilines is 1. The van der Waals surface area contributed by atoms with Crippen molar-refractivity contribution in [2.24, 2.45) is 4.99 Å². The van der Waals surface area contributed by atoms with Crippen molar-refractivity contribution in [1.82, 2.24) is 4.90 Å². The van der Waals surface area contributed by atoms with E-state index in [4.69, 9.17) is 0 Å². The van der Waals surface area contributed by atoms with Gasteiger partial charge in [0.2, 0.25) is 0 Å². The number of nitrogens with zero attached hydrogens (tertiary/aromatic N) is 3. The van der Waals surface area contributed by atoms with E-state index in [0.717, 1.165) is 28.7 Å². The number of aliphatic imine (C=N–C) groups is 1. The summed E-state index contributed by atoms with van der Waals surface area (Å²) in [6.07, 6.45) is 3.12. The second-order valence-corrected chi connectivity index (χ2v) is 9.03. The largest absolute Gasteiger partial charge is 0.345 e. The van der Waals surface area contributed by atoms with E-state index in [2.05, 4.69) is 46.0 Å². The SMILES string of the molecule is CCN1C=NCN(c2ccc(Sc3ccc(S(C)(=O)=O)cc3)cc2)C1. The molecule has 1 aliphatic heterocycles. The van der Waals surface area contributed by atoms with E-state index in [1.54, 1.807) is 23.9 Å². The van der Waals surface area contributed by atoms with E-state index in [-0.39, 0.29) is 0 Å². The molecule has 0 aliphatic carbocycles. The summed E-state index contributed by atoms with van der Waals surface area (Å²) >= 11 is 1.61. The van der Waals surface area contributed by atoms with Gasteiger partial charge < -0.3 is 9.80 Å². The van der Waals surface area contributed by atoms with Gasteiger partial charge in [0.15, 0.2) is 9.84 Å². The third kappa shape index (κ3) is 4.55. The second-order valence-electron chi connectivity index (χ2n) is 5.87. The molecule has 0 aromatic heterocycles. The highest BCUT2D eigenvalue weighted by atomic mass is 32.2. The first kappa shape index (κ1) is 17.8. The molecule has 7 heteroatoms. The van der Waals surface area contributed by atoms with Crippen LogP contribution in [0, 0.1) is 0 Å². The van der Waals surface area contributed by atoms with Gasteiger partial charge in [-0.3, -0.25) is 4.99 Å². The summed E-state index contributed by atoms with van der Waals surface area (Å²) in [5.74, 6) is 0. The fourth-order valence-electron chi connectivity index (χ4n) is 2.51. The highest BCUT2D eigenvalue weighted by molar-refractivity contribution is 7.99. The number of sulfone groups is 1. The van der Waals surface area contributed by atoms with Crippen LogP contribution in [0.1, 0.15) is 6.92 Å². The highest BCUT2D eigenvalue weighted by Gasteiger charge is 2.12. The van der Waals surface area contributed by atoms with Crippen LogP contribution in [0.5, 0.6) is 0 Å². The fourth-order valence-corrected chi connectivity index (χ4v) is 3.96. The molecule has 2 aromatic rings. The first-order valence-corrected chi connectivity index (χ1v) is 10.7. The number of benzene rings is 2. The van der Waals surface area contributed by atoms with Crippen molar-refractivity contribution in [3.8, 4) is 0 Å². The Morgan fingerprint density at radius 2 is 1.64 bits per heavy atom. The van der Waals surface area contributed by atoms with Crippen LogP contribution in [0.4, 0.5) is 5.69 Å². The van der Waals surface area contributed by atoms with Gasteiger partial charge in [-0.2, -0.15) is 0 Å². The van der Waals surface area contributed by atoms with Gasteiger partial charge in [0.25, 0.3) is 0 Å². The molecule has 3 rings (SSSR count). The van der Waals surface area contributed by atoms with Crippen LogP contribution in [0.2, 0.25) is 0 Å². The number of hydrogen-bond donors (Lipinski definition) is 0. The average Bonchev–Trinajstić information content (AvgIpc) is 2.62. The predicted octanol–water partition coefficient (Wildman–Crippen LogP) is 3.33. The minimum atomic E-state index is -3.15. The van der Waals surface area contributed by atoms with E-state index in [9.17, 15) is 8.42 Å². The molecule has 25 heavy (non-hydrogen) atoms. The Labute approximate surface area is 153 Å². The Bertz CT molecular complexity index is 847. The van der Waals surface area contributed by atoms with Crippen molar-refractivity contribution < 1.29 is 8.42 Å². The van der Waals surface area contributed by atoms with Crippen molar-refractivity contribution in [3.05, 3.63) is 48.5 Å². The van der Waals surface area contributed by atoms with Crippen molar-refractivity contribution in [1.29, 1.82) is 0 Å². The fraction of sp³-hybridized carbons (Fsp3) is 0.278. The molecule has 1 aliphatic rings. The van der Waals surface area contributed by atoms with Gasteiger partial charge in [-0.1, -0.05) is 11.8 Å². The van der Waals surface area contributed by atoms with Crippen LogP contribution in [0.3, 0.4) is 0 Å². The second kappa shape index (κ2) is 7.49. The van der Waals surface area contributed by atoms with Gasteiger partial charge in [-0.25, -0.2) is 8.42 Å². The van der Waals surface area contributed by atoms with Crippen molar-refractivity contribution in [3.63, 3.8) is 0 Å². The monoisotopic (exact) mass is 375 g/mol. The smallest absolute Gasteiger partial charge is 0.175 e. The van der Waals surface area contributed by atoms with Crippen LogP contribution in [-0.4, -0.2) is 45.8 Å². The molecule has 0 fully saturated rings. The van der Waals surface area contributed by atoms with Crippen LogP contribution >= 0.6 is 11.8 Å². The third-order valence-corrected chi connectivity index (χ3v) is 6.09. The van der Waals surface area contributed by atoms with Crippen LogP contribution in [0.15, 0.2) is 68.2 Å². The highest BCUT2D eigenvalue weighted by Crippen LogP contribution is 2.30. The Morgan fingerprint density at radius 1 is 1.04 bits per heavy atom. The Hall–Kier alpha value is -1.99. The maximum absolute atomic E-state index is 11.5. The van der Waals surface area contributed by atoms with Crippen molar-refractivity contribution >= 4 is 33.6 Å². The number of hydrogen-bond acceptors (Lipinski definition) is 6. The van der Waals surface area contributed by atoms with E-state index in [0.29, 0.717) is 11.6 Å². The molecule has 0 atom stereocenters. The molecule has 0 N–H and O–H groups in total. The first-order valence-electron chi connectivity index (χ1n) is 8.02. The maximum atomic E-state index is 11.5. The molecule has 0 radical (unpaired) electrons. The Morgan fingerprint density at radius 3 is 2.20 bits per heavy atom. The number of rotatable bonds is 5. The zero-order valence-electron chi connectivity index (χ0n) is 14.3. The topological polar surface area (TPSA) is 53.0 Å². The maximum Gasteiger partial charge on any atom is 0.175 e. The zero-order valence-corrected chi connectivity index (χ0v) is 15.9. The quantitative estimate of drug-likeness (QED) is 0.802. The van der Waals surface area contributed by atoms with Gasteiger partial charge in [0, 0.05) is 28.3 Å². The standard InChI is InChI=1S/C18H21N3O2S2/c1-3-20-12-19-13-21(14-20)15-4-6-16(7-5-15)24-17-8-10-18(11-9-17)25(2,22)23/h4-12H,3,13-14H2,1-2H3. The van der Waals surface area contributed by atoms with E-state index in [1.165, 1.54) is 6.26 Å². The molecule has 2 aromatic carbocycles. The predicted molar refractivity (Wildman–Crippen MR) is 103 cm³/mol. The normalized spacial score (nSPS) is 14.8. The lowest BCUT2D eigenvalue weighted by molar-refractivity contribution is 0.427. The molecule has 1 heterocycles. The molecule has 0 saturated carbocycles. The van der Waals surface area contributed by atoms with E-state index in [1.807, 2.05) is 18.5 Å². The lowest BCUT2D eigenvalue weighted by Crippen LogP contribution is -2.41. The molecule has 132 valence electrons. The van der Waals surface area contributed by atoms with Crippen LogP contribution in [0.25, 0.3) is 0 Å². The van der Waals surface area contributed by atoms with E-state index >= 15 is 0 Å². The lowest BCUT2D eigenvalue weighted by Gasteiger charge is -2.32. The van der Waals surface area contributed by atoms with Crippen LogP contribution in [-0.2, 0) is 9.84 Å². The first-order chi connectivity index (χ1) is 12.0. The third-order valence-electron chi connectivity index (χ3n) is 3.95. The minimum Gasteiger partial charge on any atom is -0.345 e. The van der Waals surface area contributed by atoms with Gasteiger partial charge >= 0.3 is 0 Å². The summed E-state index contributed by atoms with van der Waals surface area (Å²) in [6, 6.07) is 15.3. The Balaban J connectivity index is 1.68. The summed E-state index contributed by atoms with van der Waals surface area (Å²) < 4.78 is 23.0. The van der Waals surface area contributed by atoms with Gasteiger partial charge in [-0.15, -0.1) is 0 Å². The molecular weight excluding hydrogens is 354 g/mol. The summed E-state index contributed by atoms with van der Waals surface area (Å²) in [6.45, 7) is 4.58. The molecule has 0 unspecified atom stereocenters. The minimum absolute atomic E-state index is 0.346. The molecule has 0 saturated heterocycles. The summed E-state index contributed by atoms with van der Waals surface area (Å²) in [4.78, 5) is 11.2. The Kier molecular flexibility index (Phi) is 5.34. The van der Waals surface area contributed by atoms with Gasteiger partial charge in [-0.05, 0) is 55.5 Å². The van der Waals surface area contributed by atoms with Gasteiger partial charge in [0.05, 0.1) is 17.9 Å². The zero-order chi connectivity index (χ0) is 17.9. The summed E-state index contributed by atoms with van der Waals surface area (Å²) in [7, 11) is -3.15. The lowest BCUT2D eigenvalue weighted by atomic mass is 10.3. The van der Waals surface area contributed by atoms with E-state index < -0.39 is 9.84 Å². The molecule has 0 spiro atoms. The summed E-state index contributed by atoms with van der Waals surface area (Å²) in [5.41, 5.74) is 1.15. The molecule has 0 bridgehead atoms. The molecular formula is C18H21N3O2S2. The van der Waals surface area contributed by atoms with Gasteiger partial charge in [0.1, 0.15) is 6.67 Å². The molecule has 5 nitrogen and oxygen atoms in total. The van der Waals surface area contributed by atoms with Crippen molar-refractivity contribution in [2.75, 3.05) is 31.0 Å².